The first-order valence-corrected chi connectivity index (χ1v) is 11.2. The maximum Gasteiger partial charge on any atom is 0.249 e. The minimum absolute atomic E-state index is 0.396. The van der Waals surface area contributed by atoms with Crippen LogP contribution in [0.4, 0.5) is 0 Å². The molecule has 0 radical (unpaired) electrons. The maximum atomic E-state index is 6.24. The normalized spacial score (nSPS) is 11.0. The molecule has 5 aromatic rings. The molecule has 0 atom stereocenters. The van der Waals surface area contributed by atoms with Crippen LogP contribution in [-0.2, 0) is 12.3 Å². The average Bonchev–Trinajstić information content (AvgIpc) is 3.46. The Morgan fingerprint density at radius 2 is 1.72 bits per heavy atom. The molecular formula is C23H17ClN6OS. The summed E-state index contributed by atoms with van der Waals surface area (Å²) < 4.78 is 7.90. The van der Waals surface area contributed by atoms with E-state index in [0.29, 0.717) is 34.7 Å². The van der Waals surface area contributed by atoms with Crippen molar-refractivity contribution in [1.82, 2.24) is 29.9 Å². The van der Waals surface area contributed by atoms with Crippen LogP contribution in [0.5, 0.6) is 0 Å². The van der Waals surface area contributed by atoms with Crippen molar-refractivity contribution in [2.45, 2.75) is 17.5 Å². The third kappa shape index (κ3) is 4.42. The summed E-state index contributed by atoms with van der Waals surface area (Å²) in [6.07, 6.45) is 3.52. The highest BCUT2D eigenvalue weighted by molar-refractivity contribution is 7.98. The number of rotatable bonds is 7. The van der Waals surface area contributed by atoms with E-state index in [2.05, 4.69) is 42.1 Å². The molecule has 3 aromatic heterocycles. The molecule has 0 saturated carbocycles. The van der Waals surface area contributed by atoms with Crippen molar-refractivity contribution in [1.29, 1.82) is 0 Å². The van der Waals surface area contributed by atoms with Crippen molar-refractivity contribution in [3.63, 3.8) is 0 Å². The van der Waals surface area contributed by atoms with Gasteiger partial charge in [0, 0.05) is 18.0 Å². The van der Waals surface area contributed by atoms with Crippen LogP contribution in [0.1, 0.15) is 11.5 Å². The van der Waals surface area contributed by atoms with Gasteiger partial charge < -0.3 is 4.42 Å². The highest BCUT2D eigenvalue weighted by Crippen LogP contribution is 2.29. The average molecular weight is 461 g/mol. The lowest BCUT2D eigenvalue weighted by Gasteiger charge is -2.10. The van der Waals surface area contributed by atoms with Gasteiger partial charge in [-0.1, -0.05) is 65.8 Å². The highest BCUT2D eigenvalue weighted by atomic mass is 35.5. The lowest BCUT2D eigenvalue weighted by atomic mass is 10.2. The van der Waals surface area contributed by atoms with E-state index in [1.807, 2.05) is 48.5 Å². The van der Waals surface area contributed by atoms with Crippen molar-refractivity contribution in [3.05, 3.63) is 95.6 Å². The number of aromatic nitrogens is 6. The lowest BCUT2D eigenvalue weighted by molar-refractivity contribution is 0.528. The predicted octanol–water partition coefficient (Wildman–Crippen LogP) is 5.38. The third-order valence-electron chi connectivity index (χ3n) is 4.72. The van der Waals surface area contributed by atoms with Gasteiger partial charge in [-0.2, -0.15) is 0 Å². The number of benzene rings is 2. The second-order valence-electron chi connectivity index (χ2n) is 6.89. The van der Waals surface area contributed by atoms with Gasteiger partial charge in [-0.15, -0.1) is 20.4 Å². The molecule has 0 aliphatic heterocycles. The summed E-state index contributed by atoms with van der Waals surface area (Å²) in [6.45, 7) is 0.634. The van der Waals surface area contributed by atoms with Crippen molar-refractivity contribution in [2.24, 2.45) is 0 Å². The molecule has 0 aliphatic rings. The zero-order valence-electron chi connectivity index (χ0n) is 16.8. The van der Waals surface area contributed by atoms with Crippen LogP contribution in [0.2, 0.25) is 5.02 Å². The molecule has 0 unspecified atom stereocenters. The topological polar surface area (TPSA) is 82.5 Å². The van der Waals surface area contributed by atoms with Crippen molar-refractivity contribution in [2.75, 3.05) is 0 Å². The second-order valence-corrected chi connectivity index (χ2v) is 8.24. The molecule has 3 heterocycles. The number of hydrogen-bond acceptors (Lipinski definition) is 7. The van der Waals surface area contributed by atoms with Crippen LogP contribution in [0.25, 0.3) is 22.8 Å². The molecule has 5 rings (SSSR count). The van der Waals surface area contributed by atoms with E-state index in [9.17, 15) is 0 Å². The van der Waals surface area contributed by atoms with Gasteiger partial charge in [-0.3, -0.25) is 9.55 Å². The highest BCUT2D eigenvalue weighted by Gasteiger charge is 2.17. The van der Waals surface area contributed by atoms with Gasteiger partial charge in [0.15, 0.2) is 11.0 Å². The van der Waals surface area contributed by atoms with E-state index in [0.717, 1.165) is 22.1 Å². The molecule has 7 nitrogen and oxygen atoms in total. The summed E-state index contributed by atoms with van der Waals surface area (Å²) >= 11 is 7.73. The number of nitrogens with zero attached hydrogens (tertiary/aromatic N) is 6. The fourth-order valence-electron chi connectivity index (χ4n) is 3.19. The SMILES string of the molecule is Clc1ccccc1-c1nnc(CSc2nnc(-c3cccnc3)n2Cc2ccccc2)o1. The Labute approximate surface area is 193 Å². The van der Waals surface area contributed by atoms with E-state index in [-0.39, 0.29) is 0 Å². The van der Waals surface area contributed by atoms with Crippen LogP contribution in [-0.4, -0.2) is 29.9 Å². The Morgan fingerprint density at radius 1 is 0.875 bits per heavy atom. The van der Waals surface area contributed by atoms with Crippen molar-refractivity contribution < 1.29 is 4.42 Å². The van der Waals surface area contributed by atoms with Gasteiger partial charge in [0.1, 0.15) is 0 Å². The summed E-state index contributed by atoms with van der Waals surface area (Å²) in [5, 5.41) is 18.5. The van der Waals surface area contributed by atoms with Crippen molar-refractivity contribution >= 4 is 23.4 Å². The summed E-state index contributed by atoms with van der Waals surface area (Å²) in [7, 11) is 0. The molecule has 0 fully saturated rings. The molecule has 0 saturated heterocycles. The van der Waals surface area contributed by atoms with E-state index in [1.54, 1.807) is 18.5 Å². The Kier molecular flexibility index (Phi) is 5.96. The standard InChI is InChI=1S/C23H17ClN6OS/c24-19-11-5-4-10-18(19)22-28-26-20(31-22)15-32-23-29-27-21(17-9-6-12-25-13-17)30(23)14-16-7-2-1-3-8-16/h1-13H,14-15H2. The quantitative estimate of drug-likeness (QED) is 0.301. The lowest BCUT2D eigenvalue weighted by Crippen LogP contribution is -2.04. The van der Waals surface area contributed by atoms with Crippen LogP contribution >= 0.6 is 23.4 Å². The summed E-state index contributed by atoms with van der Waals surface area (Å²) in [6, 6.07) is 21.4. The molecule has 2 aromatic carbocycles. The molecule has 0 spiro atoms. The largest absolute Gasteiger partial charge is 0.420 e. The zero-order chi connectivity index (χ0) is 21.8. The molecule has 158 valence electrons. The van der Waals surface area contributed by atoms with Gasteiger partial charge in [0.2, 0.25) is 11.8 Å². The molecule has 0 bridgehead atoms. The molecule has 32 heavy (non-hydrogen) atoms. The molecule has 0 aliphatic carbocycles. The third-order valence-corrected chi connectivity index (χ3v) is 6.00. The molecule has 0 amide bonds. The summed E-state index contributed by atoms with van der Waals surface area (Å²) in [5.41, 5.74) is 2.77. The minimum atomic E-state index is 0.396. The van der Waals surface area contributed by atoms with Gasteiger partial charge in [-0.05, 0) is 29.8 Å². The first-order chi connectivity index (χ1) is 15.8. The minimum Gasteiger partial charge on any atom is -0.420 e. The van der Waals surface area contributed by atoms with Crippen LogP contribution in [0, 0.1) is 0 Å². The maximum absolute atomic E-state index is 6.24. The Hall–Kier alpha value is -3.49. The number of thioether (sulfide) groups is 1. The Balaban J connectivity index is 1.40. The van der Waals surface area contributed by atoms with E-state index >= 15 is 0 Å². The second kappa shape index (κ2) is 9.33. The predicted molar refractivity (Wildman–Crippen MR) is 123 cm³/mol. The number of hydrogen-bond donors (Lipinski definition) is 0. The Bertz CT molecular complexity index is 1320. The van der Waals surface area contributed by atoms with E-state index < -0.39 is 0 Å². The van der Waals surface area contributed by atoms with Crippen LogP contribution < -0.4 is 0 Å². The first-order valence-electron chi connectivity index (χ1n) is 9.85. The number of pyridine rings is 1. The summed E-state index contributed by atoms with van der Waals surface area (Å²) in [5.74, 6) is 2.10. The molecular weight excluding hydrogens is 444 g/mol. The van der Waals surface area contributed by atoms with Crippen molar-refractivity contribution in [3.8, 4) is 22.8 Å². The van der Waals surface area contributed by atoms with Crippen LogP contribution in [0.3, 0.4) is 0 Å². The zero-order valence-corrected chi connectivity index (χ0v) is 18.4. The molecule has 9 heteroatoms. The fraction of sp³-hybridized carbons (Fsp3) is 0.0870. The smallest absolute Gasteiger partial charge is 0.249 e. The number of halogens is 1. The Morgan fingerprint density at radius 3 is 2.53 bits per heavy atom. The molecule has 0 N–H and O–H groups in total. The van der Waals surface area contributed by atoms with Crippen LogP contribution in [0.15, 0.2) is 88.7 Å². The fourth-order valence-corrected chi connectivity index (χ4v) is 4.19. The van der Waals surface area contributed by atoms with Gasteiger partial charge in [0.05, 0.1) is 22.9 Å². The van der Waals surface area contributed by atoms with E-state index in [1.165, 1.54) is 11.8 Å². The van der Waals surface area contributed by atoms with Gasteiger partial charge in [0.25, 0.3) is 0 Å². The monoisotopic (exact) mass is 460 g/mol. The van der Waals surface area contributed by atoms with Gasteiger partial charge >= 0.3 is 0 Å². The summed E-state index contributed by atoms with van der Waals surface area (Å²) in [4.78, 5) is 4.22. The van der Waals surface area contributed by atoms with Gasteiger partial charge in [-0.25, -0.2) is 0 Å². The van der Waals surface area contributed by atoms with E-state index in [4.69, 9.17) is 16.0 Å². The first kappa shape index (κ1) is 20.4.